The fraction of sp³-hybridized carbons (Fsp3) is 0.500. The fourth-order valence-corrected chi connectivity index (χ4v) is 10.8. The number of esters is 2. The molecular formula is C36H46O8S4. The lowest BCUT2D eigenvalue weighted by Gasteiger charge is -2.30. The second kappa shape index (κ2) is 18.7. The molecule has 12 heteroatoms. The molecule has 4 atom stereocenters. The molecule has 2 aliphatic rings. The van der Waals surface area contributed by atoms with Crippen LogP contribution in [0.2, 0.25) is 0 Å². The number of thioether (sulfide) groups is 4. The molecule has 0 saturated carbocycles. The maximum atomic E-state index is 12.1. The standard InChI is InChI=1S/C36H46O8S4/c1-8-32(37)43-29(14-39-16-30-18-45-21-47-30)15-40-34-23(3)10-27(11-24(34)4)28-12-25(5)35(26(6)13-28)41-20-36(7,44-33(38)9-2)42-17-31-19-46-22-48-31/h8-13,29-31H,1-2,14-22H2,3-7H3. The third-order valence-corrected chi connectivity index (χ3v) is 13.3. The highest BCUT2D eigenvalue weighted by molar-refractivity contribution is 8.19. The van der Waals surface area contributed by atoms with Crippen LogP contribution in [0.4, 0.5) is 0 Å². The third kappa shape index (κ3) is 11.4. The van der Waals surface area contributed by atoms with E-state index in [0.717, 1.165) is 78.7 Å². The van der Waals surface area contributed by atoms with Crippen molar-refractivity contribution in [3.8, 4) is 22.6 Å². The van der Waals surface area contributed by atoms with Gasteiger partial charge < -0.3 is 28.4 Å². The highest BCUT2D eigenvalue weighted by Crippen LogP contribution is 2.36. The lowest BCUT2D eigenvalue weighted by molar-refractivity contribution is -0.229. The van der Waals surface area contributed by atoms with E-state index >= 15 is 0 Å². The summed E-state index contributed by atoms with van der Waals surface area (Å²) in [7, 11) is 0. The summed E-state index contributed by atoms with van der Waals surface area (Å²) in [4.78, 5) is 24.1. The molecule has 2 fully saturated rings. The van der Waals surface area contributed by atoms with Crippen LogP contribution < -0.4 is 9.47 Å². The molecule has 0 bridgehead atoms. The summed E-state index contributed by atoms with van der Waals surface area (Å²) >= 11 is 7.52. The molecule has 2 heterocycles. The Bertz CT molecular complexity index is 1390. The number of hydrogen-bond acceptors (Lipinski definition) is 12. The van der Waals surface area contributed by atoms with Gasteiger partial charge in [-0.15, -0.1) is 47.0 Å². The molecule has 2 aromatic carbocycles. The van der Waals surface area contributed by atoms with Gasteiger partial charge in [0, 0.05) is 51.3 Å². The zero-order valence-corrected chi connectivity index (χ0v) is 31.6. The van der Waals surface area contributed by atoms with Crippen molar-refractivity contribution in [3.05, 3.63) is 71.8 Å². The van der Waals surface area contributed by atoms with Crippen LogP contribution in [0.3, 0.4) is 0 Å². The topological polar surface area (TPSA) is 89.5 Å². The van der Waals surface area contributed by atoms with Gasteiger partial charge >= 0.3 is 11.9 Å². The van der Waals surface area contributed by atoms with E-state index in [2.05, 4.69) is 37.4 Å². The van der Waals surface area contributed by atoms with Crippen molar-refractivity contribution in [2.75, 3.05) is 54.7 Å². The Balaban J connectivity index is 1.42. The number of carbonyl (C=O) groups excluding carboxylic acids is 2. The predicted octanol–water partition coefficient (Wildman–Crippen LogP) is 7.53. The lowest BCUT2D eigenvalue weighted by Crippen LogP contribution is -2.42. The highest BCUT2D eigenvalue weighted by atomic mass is 32.2. The molecule has 0 radical (unpaired) electrons. The summed E-state index contributed by atoms with van der Waals surface area (Å²) in [5.41, 5.74) is 5.90. The second-order valence-electron chi connectivity index (χ2n) is 11.9. The van der Waals surface area contributed by atoms with Crippen molar-refractivity contribution in [1.82, 2.24) is 0 Å². The van der Waals surface area contributed by atoms with Gasteiger partial charge in [0.2, 0.25) is 5.79 Å². The number of rotatable bonds is 18. The summed E-state index contributed by atoms with van der Waals surface area (Å²) in [6.07, 6.45) is 1.73. The molecule has 48 heavy (non-hydrogen) atoms. The Labute approximate surface area is 301 Å². The zero-order chi connectivity index (χ0) is 34.7. The van der Waals surface area contributed by atoms with Crippen LogP contribution in [0.25, 0.3) is 11.1 Å². The first-order valence-corrected chi connectivity index (χ1v) is 20.2. The first-order chi connectivity index (χ1) is 23.0. The minimum absolute atomic E-state index is 0.0369. The van der Waals surface area contributed by atoms with Crippen LogP contribution >= 0.6 is 47.0 Å². The van der Waals surface area contributed by atoms with Crippen molar-refractivity contribution in [2.24, 2.45) is 0 Å². The molecule has 0 spiro atoms. The van der Waals surface area contributed by atoms with Crippen molar-refractivity contribution in [2.45, 2.75) is 57.0 Å². The summed E-state index contributed by atoms with van der Waals surface area (Å²) < 4.78 is 35.7. The van der Waals surface area contributed by atoms with E-state index in [1.165, 1.54) is 0 Å². The van der Waals surface area contributed by atoms with Crippen molar-refractivity contribution >= 4 is 59.0 Å². The van der Waals surface area contributed by atoms with E-state index in [4.69, 9.17) is 28.4 Å². The summed E-state index contributed by atoms with van der Waals surface area (Å²) in [6, 6.07) is 8.35. The van der Waals surface area contributed by atoms with E-state index in [9.17, 15) is 9.59 Å². The molecule has 0 amide bonds. The molecule has 262 valence electrons. The quantitative estimate of drug-likeness (QED) is 0.0862. The van der Waals surface area contributed by atoms with Crippen LogP contribution in [0.15, 0.2) is 49.6 Å². The number of benzene rings is 2. The van der Waals surface area contributed by atoms with Gasteiger partial charge in [0.25, 0.3) is 0 Å². The smallest absolute Gasteiger partial charge is 0.332 e. The monoisotopic (exact) mass is 734 g/mol. The van der Waals surface area contributed by atoms with Gasteiger partial charge in [-0.25, -0.2) is 9.59 Å². The van der Waals surface area contributed by atoms with Gasteiger partial charge in [0.05, 0.1) is 19.8 Å². The predicted molar refractivity (Wildman–Crippen MR) is 201 cm³/mol. The van der Waals surface area contributed by atoms with Gasteiger partial charge in [-0.3, -0.25) is 0 Å². The van der Waals surface area contributed by atoms with E-state index < -0.39 is 23.8 Å². The number of aryl methyl sites for hydroxylation is 4. The van der Waals surface area contributed by atoms with Crippen LogP contribution in [0, 0.1) is 27.7 Å². The summed E-state index contributed by atoms with van der Waals surface area (Å²) in [5.74, 6) is 1.21. The van der Waals surface area contributed by atoms with E-state index in [0.29, 0.717) is 23.7 Å². The van der Waals surface area contributed by atoms with Gasteiger partial charge in [-0.1, -0.05) is 13.2 Å². The number of ether oxygens (including phenoxy) is 6. The number of hydrogen-bond donors (Lipinski definition) is 0. The van der Waals surface area contributed by atoms with E-state index in [1.54, 1.807) is 6.92 Å². The first-order valence-electron chi connectivity index (χ1n) is 15.8. The van der Waals surface area contributed by atoms with Crippen LogP contribution in [0.1, 0.15) is 29.2 Å². The van der Waals surface area contributed by atoms with Crippen molar-refractivity contribution < 1.29 is 38.0 Å². The largest absolute Gasteiger partial charge is 0.489 e. The molecule has 0 N–H and O–H groups in total. The minimum Gasteiger partial charge on any atom is -0.489 e. The normalized spacial score (nSPS) is 19.3. The van der Waals surface area contributed by atoms with E-state index in [-0.39, 0.29) is 19.8 Å². The molecule has 2 aromatic rings. The Kier molecular flexibility index (Phi) is 15.0. The Morgan fingerprint density at radius 1 is 0.812 bits per heavy atom. The van der Waals surface area contributed by atoms with E-state index in [1.807, 2.05) is 74.7 Å². The molecule has 4 rings (SSSR count). The van der Waals surface area contributed by atoms with Crippen molar-refractivity contribution in [1.29, 1.82) is 0 Å². The SMILES string of the molecule is C=CC(=O)OC(COCC1CSCS1)COc1c(C)cc(-c2cc(C)c(OCC(C)(OCC3CSCS3)OC(=O)C=C)c(C)c2)cc1C. The average Bonchev–Trinajstić information content (AvgIpc) is 3.77. The third-order valence-electron chi connectivity index (χ3n) is 7.64. The molecule has 2 aliphatic heterocycles. The molecular weight excluding hydrogens is 689 g/mol. The molecule has 0 aliphatic carbocycles. The molecule has 8 nitrogen and oxygen atoms in total. The van der Waals surface area contributed by atoms with Gasteiger partial charge in [0.1, 0.15) is 18.1 Å². The first kappa shape index (κ1) is 38.6. The number of carbonyl (C=O) groups is 2. The summed E-state index contributed by atoms with van der Waals surface area (Å²) in [5, 5.41) is 2.92. The Hall–Kier alpha value is -2.22. The van der Waals surface area contributed by atoms with Crippen LogP contribution in [-0.2, 0) is 28.5 Å². The van der Waals surface area contributed by atoms with Crippen LogP contribution in [0.5, 0.6) is 11.5 Å². The van der Waals surface area contributed by atoms with Gasteiger partial charge in [-0.05, 0) is 85.3 Å². The Morgan fingerprint density at radius 3 is 1.83 bits per heavy atom. The average molecular weight is 735 g/mol. The maximum Gasteiger partial charge on any atom is 0.332 e. The summed E-state index contributed by atoms with van der Waals surface area (Å²) in [6.45, 7) is 18.3. The lowest BCUT2D eigenvalue weighted by atomic mass is 9.96. The van der Waals surface area contributed by atoms with Gasteiger partial charge in [-0.2, -0.15) is 0 Å². The maximum absolute atomic E-state index is 12.1. The van der Waals surface area contributed by atoms with Crippen LogP contribution in [-0.4, -0.2) is 89.0 Å². The molecule has 0 aromatic heterocycles. The molecule has 4 unspecified atom stereocenters. The van der Waals surface area contributed by atoms with Gasteiger partial charge in [0.15, 0.2) is 12.7 Å². The minimum atomic E-state index is -1.26. The second-order valence-corrected chi connectivity index (χ2v) is 17.3. The van der Waals surface area contributed by atoms with Crippen molar-refractivity contribution in [3.63, 3.8) is 0 Å². The molecule has 2 saturated heterocycles. The fourth-order valence-electron chi connectivity index (χ4n) is 5.29. The highest BCUT2D eigenvalue weighted by Gasteiger charge is 2.33. The zero-order valence-electron chi connectivity index (χ0n) is 28.4. The Morgan fingerprint density at radius 2 is 1.33 bits per heavy atom.